The first-order chi connectivity index (χ1) is 9.56. The van der Waals surface area contributed by atoms with E-state index in [2.05, 4.69) is 25.2 Å². The molecule has 2 rings (SSSR count). The van der Waals surface area contributed by atoms with Gasteiger partial charge in [-0.25, -0.2) is 0 Å². The summed E-state index contributed by atoms with van der Waals surface area (Å²) in [6.07, 6.45) is 5.14. The summed E-state index contributed by atoms with van der Waals surface area (Å²) in [5.74, 6) is 0.852. The minimum absolute atomic E-state index is 0.346. The molecule has 1 atom stereocenters. The Morgan fingerprint density at radius 2 is 2.20 bits per heavy atom. The van der Waals surface area contributed by atoms with E-state index < -0.39 is 0 Å². The number of hydrogen-bond donors (Lipinski definition) is 1. The van der Waals surface area contributed by atoms with Crippen LogP contribution in [0.4, 0.5) is 0 Å². The highest BCUT2D eigenvalue weighted by atomic mass is 16.5. The molecule has 0 saturated heterocycles. The van der Waals surface area contributed by atoms with Gasteiger partial charge in [-0.05, 0) is 36.5 Å². The summed E-state index contributed by atoms with van der Waals surface area (Å²) in [4.78, 5) is 0. The highest BCUT2D eigenvalue weighted by molar-refractivity contribution is 5.42. The number of hydrogen-bond acceptors (Lipinski definition) is 3. The maximum Gasteiger partial charge on any atom is 0.123 e. The van der Waals surface area contributed by atoms with Gasteiger partial charge in [0.25, 0.3) is 0 Å². The molecule has 1 fully saturated rings. The summed E-state index contributed by atoms with van der Waals surface area (Å²) in [7, 11) is 1.68. The van der Waals surface area contributed by atoms with Gasteiger partial charge in [0.05, 0.1) is 18.7 Å². The monoisotopic (exact) mass is 272 g/mol. The molecule has 0 radical (unpaired) electrons. The molecule has 3 heteroatoms. The van der Waals surface area contributed by atoms with Crippen LogP contribution < -0.4 is 10.1 Å². The van der Waals surface area contributed by atoms with Crippen molar-refractivity contribution in [3.05, 3.63) is 29.3 Å². The van der Waals surface area contributed by atoms with Crippen molar-refractivity contribution in [3.63, 3.8) is 0 Å². The molecule has 1 unspecified atom stereocenters. The number of benzene rings is 1. The summed E-state index contributed by atoms with van der Waals surface area (Å²) in [6, 6.07) is 8.32. The van der Waals surface area contributed by atoms with Crippen molar-refractivity contribution >= 4 is 0 Å². The molecule has 1 aliphatic rings. The Kier molecular flexibility index (Phi) is 4.67. The largest absolute Gasteiger partial charge is 0.496 e. The maximum atomic E-state index is 9.01. The van der Waals surface area contributed by atoms with Gasteiger partial charge < -0.3 is 10.1 Å². The topological polar surface area (TPSA) is 45.0 Å². The van der Waals surface area contributed by atoms with Crippen molar-refractivity contribution < 1.29 is 4.74 Å². The summed E-state index contributed by atoms with van der Waals surface area (Å²) in [5.41, 5.74) is 2.09. The zero-order valence-corrected chi connectivity index (χ0v) is 12.7. The lowest BCUT2D eigenvalue weighted by atomic mass is 9.73. The number of nitriles is 1. The van der Waals surface area contributed by atoms with E-state index in [1.807, 2.05) is 12.1 Å². The second kappa shape index (κ2) is 6.28. The Morgan fingerprint density at radius 3 is 2.85 bits per heavy atom. The second-order valence-corrected chi connectivity index (χ2v) is 6.31. The smallest absolute Gasteiger partial charge is 0.123 e. The Hall–Kier alpha value is -1.53. The van der Waals surface area contributed by atoms with E-state index >= 15 is 0 Å². The molecular weight excluding hydrogens is 248 g/mol. The number of nitrogens with zero attached hydrogens (tertiary/aromatic N) is 1. The first kappa shape index (κ1) is 14.9. The minimum atomic E-state index is 0.346. The predicted octanol–water partition coefficient (Wildman–Crippen LogP) is 3.63. The van der Waals surface area contributed by atoms with E-state index in [0.29, 0.717) is 17.0 Å². The molecule has 0 aliphatic heterocycles. The van der Waals surface area contributed by atoms with E-state index in [9.17, 15) is 0 Å². The van der Waals surface area contributed by atoms with Gasteiger partial charge >= 0.3 is 0 Å². The molecule has 1 N–H and O–H groups in total. The first-order valence-electron chi connectivity index (χ1n) is 7.37. The maximum absolute atomic E-state index is 9.01. The molecule has 0 spiro atoms. The third kappa shape index (κ3) is 3.32. The number of rotatable bonds is 4. The van der Waals surface area contributed by atoms with Gasteiger partial charge in [-0.1, -0.05) is 26.7 Å². The van der Waals surface area contributed by atoms with E-state index in [1.54, 1.807) is 13.2 Å². The van der Waals surface area contributed by atoms with Crippen LogP contribution >= 0.6 is 0 Å². The van der Waals surface area contributed by atoms with Crippen LogP contribution in [0, 0.1) is 16.7 Å². The van der Waals surface area contributed by atoms with Crippen molar-refractivity contribution in [1.82, 2.24) is 5.32 Å². The molecule has 0 aromatic heterocycles. The molecule has 0 heterocycles. The fourth-order valence-electron chi connectivity index (χ4n) is 3.09. The Morgan fingerprint density at radius 1 is 1.40 bits per heavy atom. The highest BCUT2D eigenvalue weighted by Gasteiger charge is 2.31. The molecule has 108 valence electrons. The molecule has 0 bridgehead atoms. The van der Waals surface area contributed by atoms with Crippen LogP contribution in [0.1, 0.15) is 50.7 Å². The van der Waals surface area contributed by atoms with E-state index in [1.165, 1.54) is 25.7 Å². The van der Waals surface area contributed by atoms with Crippen molar-refractivity contribution in [3.8, 4) is 11.8 Å². The predicted molar refractivity (Wildman–Crippen MR) is 80.6 cm³/mol. The van der Waals surface area contributed by atoms with Gasteiger partial charge in [0.1, 0.15) is 5.75 Å². The van der Waals surface area contributed by atoms with Crippen LogP contribution in [0.25, 0.3) is 0 Å². The zero-order valence-electron chi connectivity index (χ0n) is 12.7. The SMILES string of the molecule is COc1ccc(C#N)cc1CNC1CCCCC1(C)C. The van der Waals surface area contributed by atoms with Crippen LogP contribution in [-0.4, -0.2) is 13.2 Å². The summed E-state index contributed by atoms with van der Waals surface area (Å²) in [6.45, 7) is 5.44. The summed E-state index contributed by atoms with van der Waals surface area (Å²) < 4.78 is 5.39. The Bertz CT molecular complexity index is 502. The van der Waals surface area contributed by atoms with Gasteiger partial charge in [0, 0.05) is 18.2 Å². The highest BCUT2D eigenvalue weighted by Crippen LogP contribution is 2.35. The van der Waals surface area contributed by atoms with Crippen LogP contribution in [0.3, 0.4) is 0 Å². The third-order valence-electron chi connectivity index (χ3n) is 4.46. The molecule has 3 nitrogen and oxygen atoms in total. The average Bonchev–Trinajstić information content (AvgIpc) is 2.45. The van der Waals surface area contributed by atoms with Gasteiger partial charge in [-0.3, -0.25) is 0 Å². The lowest BCUT2D eigenvalue weighted by Gasteiger charge is -2.39. The van der Waals surface area contributed by atoms with Crippen molar-refractivity contribution in [1.29, 1.82) is 5.26 Å². The fraction of sp³-hybridized carbons (Fsp3) is 0.588. The Balaban J connectivity index is 2.08. The van der Waals surface area contributed by atoms with Crippen molar-refractivity contribution in [2.75, 3.05) is 7.11 Å². The van der Waals surface area contributed by atoms with Crippen molar-refractivity contribution in [2.45, 2.75) is 52.1 Å². The molecule has 0 amide bonds. The number of nitrogens with one attached hydrogen (secondary N) is 1. The summed E-state index contributed by atoms with van der Waals surface area (Å²) >= 11 is 0. The van der Waals surface area contributed by atoms with E-state index in [0.717, 1.165) is 17.9 Å². The number of ether oxygens (including phenoxy) is 1. The third-order valence-corrected chi connectivity index (χ3v) is 4.46. The second-order valence-electron chi connectivity index (χ2n) is 6.31. The molecule has 1 aromatic rings. The molecule has 20 heavy (non-hydrogen) atoms. The van der Waals surface area contributed by atoms with Gasteiger partial charge in [0.15, 0.2) is 0 Å². The van der Waals surface area contributed by atoms with Crippen LogP contribution in [0.15, 0.2) is 18.2 Å². The van der Waals surface area contributed by atoms with Crippen molar-refractivity contribution in [2.24, 2.45) is 5.41 Å². The lowest BCUT2D eigenvalue weighted by molar-refractivity contribution is 0.166. The zero-order chi connectivity index (χ0) is 14.6. The van der Waals surface area contributed by atoms with Gasteiger partial charge in [0.2, 0.25) is 0 Å². The molecule has 1 saturated carbocycles. The fourth-order valence-corrected chi connectivity index (χ4v) is 3.09. The van der Waals surface area contributed by atoms with Gasteiger partial charge in [-0.15, -0.1) is 0 Å². The lowest BCUT2D eigenvalue weighted by Crippen LogP contribution is -2.43. The molecule has 1 aromatic carbocycles. The minimum Gasteiger partial charge on any atom is -0.496 e. The van der Waals surface area contributed by atoms with Crippen LogP contribution in [0.5, 0.6) is 5.75 Å². The van der Waals surface area contributed by atoms with Gasteiger partial charge in [-0.2, -0.15) is 5.26 Å². The normalized spacial score (nSPS) is 21.2. The molecular formula is C17H24N2O. The van der Waals surface area contributed by atoms with E-state index in [-0.39, 0.29) is 0 Å². The average molecular weight is 272 g/mol. The summed E-state index contributed by atoms with van der Waals surface area (Å²) in [5, 5.41) is 12.7. The standard InChI is InChI=1S/C17H24N2O/c1-17(2)9-5-4-6-16(17)19-12-14-10-13(11-18)7-8-15(14)20-3/h7-8,10,16,19H,4-6,9,12H2,1-3H3. The molecule has 1 aliphatic carbocycles. The Labute approximate surface area is 121 Å². The van der Waals surface area contributed by atoms with Crippen LogP contribution in [-0.2, 0) is 6.54 Å². The quantitative estimate of drug-likeness (QED) is 0.910. The number of methoxy groups -OCH3 is 1. The van der Waals surface area contributed by atoms with Crippen LogP contribution in [0.2, 0.25) is 0 Å². The first-order valence-corrected chi connectivity index (χ1v) is 7.37. The van der Waals surface area contributed by atoms with E-state index in [4.69, 9.17) is 10.00 Å².